The first kappa shape index (κ1) is 12.1. The number of aromatic nitrogens is 4. The average Bonchev–Trinajstić information content (AvgIpc) is 2.72. The zero-order valence-electron chi connectivity index (χ0n) is 10.2. The number of H-pyrrole nitrogens is 1. The van der Waals surface area contributed by atoms with Gasteiger partial charge in [0.2, 0.25) is 11.9 Å². The van der Waals surface area contributed by atoms with Gasteiger partial charge >= 0.3 is 0 Å². The van der Waals surface area contributed by atoms with Crippen LogP contribution in [0.1, 0.15) is 13.8 Å². The number of nitrogens with one attached hydrogen (secondary N) is 3. The van der Waals surface area contributed by atoms with E-state index in [9.17, 15) is 4.79 Å². The van der Waals surface area contributed by atoms with Gasteiger partial charge in [-0.15, -0.1) is 0 Å². The van der Waals surface area contributed by atoms with Crippen molar-refractivity contribution in [2.75, 3.05) is 17.6 Å². The van der Waals surface area contributed by atoms with Crippen LogP contribution in [0.4, 0.5) is 11.8 Å². The minimum Gasteiger partial charge on any atom is -0.368 e. The topological polar surface area (TPSA) is 122 Å². The highest BCUT2D eigenvalue weighted by Crippen LogP contribution is 2.16. The van der Waals surface area contributed by atoms with Crippen LogP contribution in [0.25, 0.3) is 11.2 Å². The van der Waals surface area contributed by atoms with E-state index in [0.29, 0.717) is 17.0 Å². The Hall–Kier alpha value is -2.38. The number of nitrogens with zero attached hydrogens (tertiary/aromatic N) is 3. The van der Waals surface area contributed by atoms with Gasteiger partial charge in [-0.2, -0.15) is 9.97 Å². The van der Waals surface area contributed by atoms with Crippen molar-refractivity contribution < 1.29 is 4.79 Å². The Balaban J connectivity index is 2.11. The molecule has 0 saturated carbocycles. The molecule has 96 valence electrons. The van der Waals surface area contributed by atoms with Crippen LogP contribution in [0.2, 0.25) is 0 Å². The summed E-state index contributed by atoms with van der Waals surface area (Å²) in [6, 6.07) is 0.0990. The molecule has 0 bridgehead atoms. The van der Waals surface area contributed by atoms with Crippen LogP contribution in [-0.4, -0.2) is 38.4 Å². The van der Waals surface area contributed by atoms with Crippen LogP contribution in [0.15, 0.2) is 6.33 Å². The van der Waals surface area contributed by atoms with Crippen molar-refractivity contribution in [3.8, 4) is 0 Å². The lowest BCUT2D eigenvalue weighted by atomic mass is 10.4. The first-order chi connectivity index (χ1) is 8.56. The summed E-state index contributed by atoms with van der Waals surface area (Å²) < 4.78 is 0. The Morgan fingerprint density at radius 3 is 3.00 bits per heavy atom. The maximum atomic E-state index is 11.5. The van der Waals surface area contributed by atoms with E-state index in [1.54, 1.807) is 0 Å². The van der Waals surface area contributed by atoms with Crippen molar-refractivity contribution >= 4 is 28.8 Å². The van der Waals surface area contributed by atoms with Crippen LogP contribution in [0, 0.1) is 0 Å². The Kier molecular flexibility index (Phi) is 3.26. The quantitative estimate of drug-likeness (QED) is 0.599. The third-order valence-corrected chi connectivity index (χ3v) is 2.17. The number of rotatable bonds is 4. The Morgan fingerprint density at radius 2 is 2.28 bits per heavy atom. The molecule has 0 radical (unpaired) electrons. The largest absolute Gasteiger partial charge is 0.368 e. The fraction of sp³-hybridized carbons (Fsp3) is 0.400. The highest BCUT2D eigenvalue weighted by molar-refractivity contribution is 5.87. The fourth-order valence-corrected chi connectivity index (χ4v) is 1.51. The minimum absolute atomic E-state index is 0.0990. The number of hydrogen-bond donors (Lipinski definition) is 4. The van der Waals surface area contributed by atoms with Gasteiger partial charge in [0.15, 0.2) is 11.5 Å². The maximum absolute atomic E-state index is 11.5. The Labute approximate surface area is 103 Å². The number of imidazole rings is 1. The third kappa shape index (κ3) is 2.65. The molecule has 0 aliphatic heterocycles. The molecule has 18 heavy (non-hydrogen) atoms. The molecule has 8 heteroatoms. The molecule has 2 aromatic rings. The summed E-state index contributed by atoms with van der Waals surface area (Å²) in [5.41, 5.74) is 6.65. The number of carbonyl (C=O) groups excluding carboxylic acids is 1. The summed E-state index contributed by atoms with van der Waals surface area (Å²) in [4.78, 5) is 26.4. The summed E-state index contributed by atoms with van der Waals surface area (Å²) in [5, 5.41) is 5.67. The van der Waals surface area contributed by atoms with Crippen molar-refractivity contribution in [2.45, 2.75) is 19.9 Å². The molecule has 0 saturated heterocycles. The lowest BCUT2D eigenvalue weighted by Crippen LogP contribution is -2.35. The molecule has 0 fully saturated rings. The molecule has 0 unspecified atom stereocenters. The van der Waals surface area contributed by atoms with Crippen LogP contribution < -0.4 is 16.4 Å². The average molecular weight is 249 g/mol. The van der Waals surface area contributed by atoms with Gasteiger partial charge < -0.3 is 21.4 Å². The summed E-state index contributed by atoms with van der Waals surface area (Å²) in [7, 11) is 0. The van der Waals surface area contributed by atoms with Gasteiger partial charge in [0.25, 0.3) is 0 Å². The molecule has 0 aliphatic carbocycles. The maximum Gasteiger partial charge on any atom is 0.239 e. The molecule has 5 N–H and O–H groups in total. The molecular formula is C10H15N7O. The van der Waals surface area contributed by atoms with Crippen molar-refractivity contribution in [2.24, 2.45) is 0 Å². The van der Waals surface area contributed by atoms with Crippen LogP contribution >= 0.6 is 0 Å². The first-order valence-electron chi connectivity index (χ1n) is 5.56. The third-order valence-electron chi connectivity index (χ3n) is 2.17. The number of aromatic amines is 1. The van der Waals surface area contributed by atoms with E-state index in [-0.39, 0.29) is 24.4 Å². The van der Waals surface area contributed by atoms with Crippen LogP contribution in [-0.2, 0) is 4.79 Å². The molecule has 2 aromatic heterocycles. The predicted molar refractivity (Wildman–Crippen MR) is 67.9 cm³/mol. The summed E-state index contributed by atoms with van der Waals surface area (Å²) >= 11 is 0. The highest BCUT2D eigenvalue weighted by Gasteiger charge is 2.10. The predicted octanol–water partition coefficient (Wildman–Crippen LogP) is -0.128. The smallest absolute Gasteiger partial charge is 0.239 e. The van der Waals surface area contributed by atoms with E-state index in [1.807, 2.05) is 13.8 Å². The Morgan fingerprint density at radius 1 is 1.50 bits per heavy atom. The lowest BCUT2D eigenvalue weighted by Gasteiger charge is -2.10. The molecule has 0 aliphatic rings. The number of nitrogen functional groups attached to an aromatic ring is 1. The monoisotopic (exact) mass is 249 g/mol. The molecule has 1 amide bonds. The molecule has 2 heterocycles. The molecule has 8 nitrogen and oxygen atoms in total. The standard InChI is InChI=1S/C10H15N7O/c1-5(2)15-6(18)3-12-8-7-9(14-4-13-7)17-10(11)16-8/h4-5H,3H2,1-2H3,(H,15,18)(H4,11,12,13,14,16,17). The lowest BCUT2D eigenvalue weighted by molar-refractivity contribution is -0.119. The van der Waals surface area contributed by atoms with Gasteiger partial charge in [0, 0.05) is 6.04 Å². The number of amides is 1. The van der Waals surface area contributed by atoms with E-state index < -0.39 is 0 Å². The van der Waals surface area contributed by atoms with E-state index in [0.717, 1.165) is 0 Å². The van der Waals surface area contributed by atoms with Crippen LogP contribution in [0.3, 0.4) is 0 Å². The minimum atomic E-state index is -0.116. The molecule has 0 spiro atoms. The number of hydrogen-bond acceptors (Lipinski definition) is 6. The van der Waals surface area contributed by atoms with Crippen molar-refractivity contribution in [1.29, 1.82) is 0 Å². The first-order valence-corrected chi connectivity index (χ1v) is 5.56. The SMILES string of the molecule is CC(C)NC(=O)CNc1nc(N)nc2nc[nH]c12. The van der Waals surface area contributed by atoms with Gasteiger partial charge in [-0.1, -0.05) is 0 Å². The fourth-order valence-electron chi connectivity index (χ4n) is 1.51. The molecular weight excluding hydrogens is 234 g/mol. The molecule has 2 rings (SSSR count). The second kappa shape index (κ2) is 4.86. The summed E-state index contributed by atoms with van der Waals surface area (Å²) in [6.07, 6.45) is 1.50. The van der Waals surface area contributed by atoms with Gasteiger partial charge in [-0.3, -0.25) is 4.79 Å². The van der Waals surface area contributed by atoms with E-state index >= 15 is 0 Å². The number of fused-ring (bicyclic) bond motifs is 1. The van der Waals surface area contributed by atoms with Gasteiger partial charge in [0.05, 0.1) is 12.9 Å². The second-order valence-electron chi connectivity index (χ2n) is 4.11. The van der Waals surface area contributed by atoms with Crippen molar-refractivity contribution in [3.05, 3.63) is 6.33 Å². The van der Waals surface area contributed by atoms with E-state index in [4.69, 9.17) is 5.73 Å². The van der Waals surface area contributed by atoms with Gasteiger partial charge in [0.1, 0.15) is 5.52 Å². The highest BCUT2D eigenvalue weighted by atomic mass is 16.1. The molecule has 0 atom stereocenters. The number of carbonyl (C=O) groups is 1. The zero-order valence-corrected chi connectivity index (χ0v) is 10.2. The molecule has 0 aromatic carbocycles. The van der Waals surface area contributed by atoms with E-state index in [2.05, 4.69) is 30.6 Å². The van der Waals surface area contributed by atoms with Gasteiger partial charge in [-0.05, 0) is 13.8 Å². The zero-order chi connectivity index (χ0) is 13.1. The number of anilines is 2. The second-order valence-corrected chi connectivity index (χ2v) is 4.11. The summed E-state index contributed by atoms with van der Waals surface area (Å²) in [6.45, 7) is 3.91. The normalized spacial score (nSPS) is 10.8. The van der Waals surface area contributed by atoms with Crippen molar-refractivity contribution in [1.82, 2.24) is 25.3 Å². The van der Waals surface area contributed by atoms with Crippen LogP contribution in [0.5, 0.6) is 0 Å². The van der Waals surface area contributed by atoms with Crippen molar-refractivity contribution in [3.63, 3.8) is 0 Å². The van der Waals surface area contributed by atoms with Gasteiger partial charge in [-0.25, -0.2) is 4.98 Å². The van der Waals surface area contributed by atoms with E-state index in [1.165, 1.54) is 6.33 Å². The summed E-state index contributed by atoms with van der Waals surface area (Å²) in [5.74, 6) is 0.463. The Bertz CT molecular complexity index is 562. The number of nitrogens with two attached hydrogens (primary N) is 1.